The molecule has 0 saturated carbocycles. The fourth-order valence-corrected chi connectivity index (χ4v) is 4.10. The van der Waals surface area contributed by atoms with Crippen LogP contribution < -0.4 is 16.2 Å². The molecule has 202 valence electrons. The van der Waals surface area contributed by atoms with E-state index in [1.54, 1.807) is 12.3 Å². The highest BCUT2D eigenvalue weighted by Gasteiger charge is 2.18. The molecule has 4 heterocycles. The molecule has 2 unspecified atom stereocenters. The second-order valence-electron chi connectivity index (χ2n) is 9.39. The molecular formula is C26H32FN7O4. The predicted molar refractivity (Wildman–Crippen MR) is 137 cm³/mol. The molecule has 4 rings (SSSR count). The monoisotopic (exact) mass is 525 g/mol. The molecule has 1 saturated heterocycles. The highest BCUT2D eigenvalue weighted by atomic mass is 19.1. The van der Waals surface area contributed by atoms with E-state index < -0.39 is 12.1 Å². The average Bonchev–Trinajstić information content (AvgIpc) is 3.36. The second kappa shape index (κ2) is 13.0. The molecule has 1 fully saturated rings. The summed E-state index contributed by atoms with van der Waals surface area (Å²) in [5.74, 6) is -0.622. The van der Waals surface area contributed by atoms with Crippen molar-refractivity contribution in [3.8, 4) is 0 Å². The summed E-state index contributed by atoms with van der Waals surface area (Å²) >= 11 is 0. The largest absolute Gasteiger partial charge is 0.378 e. The summed E-state index contributed by atoms with van der Waals surface area (Å²) in [6, 6.07) is 6.66. The van der Waals surface area contributed by atoms with Gasteiger partial charge in [0.25, 0.3) is 11.5 Å². The maximum absolute atomic E-state index is 14.6. The molecule has 11 nitrogen and oxygen atoms in total. The van der Waals surface area contributed by atoms with Crippen LogP contribution in [0, 0.1) is 6.92 Å². The van der Waals surface area contributed by atoms with Crippen molar-refractivity contribution in [2.75, 3.05) is 11.9 Å². The number of pyridine rings is 2. The first-order chi connectivity index (χ1) is 18.4. The van der Waals surface area contributed by atoms with E-state index in [0.29, 0.717) is 12.3 Å². The van der Waals surface area contributed by atoms with E-state index in [-0.39, 0.29) is 55.7 Å². The summed E-state index contributed by atoms with van der Waals surface area (Å²) < 4.78 is 22.8. The molecule has 3 aromatic rings. The van der Waals surface area contributed by atoms with Gasteiger partial charge in [-0.15, -0.1) is 5.10 Å². The molecule has 0 bridgehead atoms. The molecule has 2 N–H and O–H groups in total. The Morgan fingerprint density at radius 2 is 2.13 bits per heavy atom. The molecule has 1 aliphatic heterocycles. The van der Waals surface area contributed by atoms with Gasteiger partial charge >= 0.3 is 0 Å². The van der Waals surface area contributed by atoms with Crippen molar-refractivity contribution in [2.45, 2.75) is 70.9 Å². The SMILES string of the molecule is Cc1ccc(CNC(=O)c2cn(CC(F)CCn3ccc(NC(=O)CC4CCCCO4)cc3=O)nn2)cn1. The van der Waals surface area contributed by atoms with Crippen LogP contribution in [0.25, 0.3) is 0 Å². The van der Waals surface area contributed by atoms with Gasteiger partial charge in [-0.25, -0.2) is 9.07 Å². The Bertz CT molecular complexity index is 1290. The molecule has 0 aliphatic carbocycles. The van der Waals surface area contributed by atoms with Gasteiger partial charge in [-0.1, -0.05) is 11.3 Å². The zero-order valence-electron chi connectivity index (χ0n) is 21.3. The third-order valence-electron chi connectivity index (χ3n) is 6.23. The predicted octanol–water partition coefficient (Wildman–Crippen LogP) is 2.40. The average molecular weight is 526 g/mol. The number of anilines is 1. The zero-order chi connectivity index (χ0) is 26.9. The number of carbonyl (C=O) groups is 2. The minimum atomic E-state index is -1.31. The summed E-state index contributed by atoms with van der Waals surface area (Å²) in [5.41, 5.74) is 1.87. The van der Waals surface area contributed by atoms with Crippen LogP contribution in [0.3, 0.4) is 0 Å². The fourth-order valence-electron chi connectivity index (χ4n) is 4.10. The number of rotatable bonds is 11. The van der Waals surface area contributed by atoms with Crippen LogP contribution in [0.15, 0.2) is 47.7 Å². The molecule has 12 heteroatoms. The maximum Gasteiger partial charge on any atom is 0.273 e. The third kappa shape index (κ3) is 8.04. The lowest BCUT2D eigenvalue weighted by atomic mass is 10.1. The topological polar surface area (TPSA) is 133 Å². The van der Waals surface area contributed by atoms with E-state index in [1.807, 2.05) is 19.1 Å². The first-order valence-corrected chi connectivity index (χ1v) is 12.7. The number of aryl methyl sites for hydroxylation is 2. The number of ether oxygens (including phenoxy) is 1. The molecule has 38 heavy (non-hydrogen) atoms. The van der Waals surface area contributed by atoms with Gasteiger partial charge in [-0.3, -0.25) is 19.4 Å². The van der Waals surface area contributed by atoms with Crippen molar-refractivity contribution in [2.24, 2.45) is 0 Å². The van der Waals surface area contributed by atoms with Crippen molar-refractivity contribution >= 4 is 17.5 Å². The Kier molecular flexibility index (Phi) is 9.30. The van der Waals surface area contributed by atoms with Gasteiger partial charge in [0.15, 0.2) is 5.69 Å². The van der Waals surface area contributed by atoms with Gasteiger partial charge < -0.3 is 19.9 Å². The van der Waals surface area contributed by atoms with Crippen LogP contribution in [-0.2, 0) is 29.2 Å². The highest BCUT2D eigenvalue weighted by molar-refractivity contribution is 5.92. The quantitative estimate of drug-likeness (QED) is 0.393. The van der Waals surface area contributed by atoms with Crippen LogP contribution in [0.5, 0.6) is 0 Å². The summed E-state index contributed by atoms with van der Waals surface area (Å²) in [5, 5.41) is 13.1. The molecule has 0 spiro atoms. The highest BCUT2D eigenvalue weighted by Crippen LogP contribution is 2.16. The fraction of sp³-hybridized carbons (Fsp3) is 0.462. The number of hydrogen-bond acceptors (Lipinski definition) is 7. The van der Waals surface area contributed by atoms with Gasteiger partial charge in [-0.2, -0.15) is 0 Å². The van der Waals surface area contributed by atoms with Gasteiger partial charge in [0.2, 0.25) is 5.91 Å². The van der Waals surface area contributed by atoms with Crippen molar-refractivity contribution in [1.82, 2.24) is 29.9 Å². The van der Waals surface area contributed by atoms with E-state index in [2.05, 4.69) is 25.9 Å². The molecule has 0 radical (unpaired) electrons. The maximum atomic E-state index is 14.6. The van der Waals surface area contributed by atoms with Crippen LogP contribution >= 0.6 is 0 Å². The van der Waals surface area contributed by atoms with Gasteiger partial charge in [-0.05, 0) is 50.3 Å². The van der Waals surface area contributed by atoms with Gasteiger partial charge in [0, 0.05) is 49.5 Å². The summed E-state index contributed by atoms with van der Waals surface area (Å²) in [4.78, 5) is 41.2. The number of nitrogens with zero attached hydrogens (tertiary/aromatic N) is 5. The standard InChI is InChI=1S/C26H32FN7O4/c1-18-5-6-19(14-28-18)15-29-26(37)23-17-34(32-31-23)16-20(27)7-9-33-10-8-21(12-25(33)36)30-24(35)13-22-4-2-3-11-38-22/h5-6,8,10,12,14,17,20,22H,2-4,7,9,11,13,15-16H2,1H3,(H,29,37)(H,30,35). The smallest absolute Gasteiger partial charge is 0.273 e. The van der Waals surface area contributed by atoms with Crippen LogP contribution in [0.1, 0.15) is 53.8 Å². The Labute approximate surface area is 219 Å². The Balaban J connectivity index is 1.21. The van der Waals surface area contributed by atoms with Gasteiger partial charge in [0.1, 0.15) is 6.17 Å². The number of hydrogen-bond donors (Lipinski definition) is 2. The Morgan fingerprint density at radius 1 is 1.26 bits per heavy atom. The van der Waals surface area contributed by atoms with E-state index in [4.69, 9.17) is 4.74 Å². The van der Waals surface area contributed by atoms with Crippen LogP contribution in [0.2, 0.25) is 0 Å². The number of carbonyl (C=O) groups excluding carboxylic acids is 2. The van der Waals surface area contributed by atoms with Crippen molar-refractivity contribution in [3.05, 3.63) is 70.2 Å². The first kappa shape index (κ1) is 27.1. The number of halogens is 1. The number of aromatic nitrogens is 5. The lowest BCUT2D eigenvalue weighted by molar-refractivity contribution is -0.119. The number of nitrogens with one attached hydrogen (secondary N) is 2. The zero-order valence-corrected chi connectivity index (χ0v) is 21.3. The van der Waals surface area contributed by atoms with E-state index in [0.717, 1.165) is 30.5 Å². The second-order valence-corrected chi connectivity index (χ2v) is 9.39. The van der Waals surface area contributed by atoms with E-state index >= 15 is 0 Å². The summed E-state index contributed by atoms with van der Waals surface area (Å²) in [6.07, 6.45) is 6.43. The lowest BCUT2D eigenvalue weighted by Crippen LogP contribution is -2.26. The van der Waals surface area contributed by atoms with Crippen LogP contribution in [-0.4, -0.2) is 55.2 Å². The minimum Gasteiger partial charge on any atom is -0.378 e. The minimum absolute atomic E-state index is 0.0619. The molecule has 2 amide bonds. The summed E-state index contributed by atoms with van der Waals surface area (Å²) in [7, 11) is 0. The lowest BCUT2D eigenvalue weighted by Gasteiger charge is -2.21. The molecule has 0 aromatic carbocycles. The molecule has 1 aliphatic rings. The molecule has 3 aromatic heterocycles. The van der Waals surface area contributed by atoms with Crippen molar-refractivity contribution in [1.29, 1.82) is 0 Å². The summed E-state index contributed by atoms with van der Waals surface area (Å²) in [6.45, 7) is 2.88. The van der Waals surface area contributed by atoms with E-state index in [1.165, 1.54) is 27.7 Å². The van der Waals surface area contributed by atoms with E-state index in [9.17, 15) is 18.8 Å². The first-order valence-electron chi connectivity index (χ1n) is 12.7. The molecule has 2 atom stereocenters. The van der Waals surface area contributed by atoms with Crippen molar-refractivity contribution in [3.63, 3.8) is 0 Å². The number of alkyl halides is 1. The Morgan fingerprint density at radius 3 is 2.87 bits per heavy atom. The molecular weight excluding hydrogens is 493 g/mol. The third-order valence-corrected chi connectivity index (χ3v) is 6.23. The normalized spacial score (nSPS) is 16.1. The van der Waals surface area contributed by atoms with Crippen molar-refractivity contribution < 1.29 is 18.7 Å². The van der Waals surface area contributed by atoms with Crippen LogP contribution in [0.4, 0.5) is 10.1 Å². The van der Waals surface area contributed by atoms with Gasteiger partial charge in [0.05, 0.1) is 25.3 Å². The number of amides is 2. The Hall–Kier alpha value is -3.93.